The predicted molar refractivity (Wildman–Crippen MR) is 194 cm³/mol. The maximum absolute atomic E-state index is 13.5. The predicted octanol–water partition coefficient (Wildman–Crippen LogP) is 9.89. The lowest BCUT2D eigenvalue weighted by molar-refractivity contribution is -0.187. The first-order valence-electron chi connectivity index (χ1n) is 19.4. The topological polar surface area (TPSA) is 139 Å². The summed E-state index contributed by atoms with van der Waals surface area (Å²) in [5.74, 6) is -4.50. The lowest BCUT2D eigenvalue weighted by Gasteiger charge is -2.14. The number of ketones is 2. The molecule has 0 radical (unpaired) electrons. The van der Waals surface area contributed by atoms with Crippen molar-refractivity contribution < 1.29 is 48.0 Å². The molecule has 0 aromatic heterocycles. The first-order chi connectivity index (χ1) is 25.2. The molecule has 282 valence electrons. The second-order valence-electron chi connectivity index (χ2n) is 14.1. The van der Waals surface area contributed by atoms with E-state index in [1.165, 1.54) is 36.4 Å². The Kier molecular flexibility index (Phi) is 16.5. The molecule has 0 bridgehead atoms. The van der Waals surface area contributed by atoms with Gasteiger partial charge in [0, 0.05) is 24.0 Å². The number of benzene rings is 2. The third-order valence-corrected chi connectivity index (χ3v) is 10.0. The van der Waals surface area contributed by atoms with Gasteiger partial charge in [-0.15, -0.1) is 0 Å². The molecule has 0 spiro atoms. The number of esters is 2. The molecule has 0 amide bonds. The Labute approximate surface area is 307 Å². The molecule has 10 heteroatoms. The Morgan fingerprint density at radius 3 is 1.25 bits per heavy atom. The Bertz CT molecular complexity index is 1430. The SMILES string of the molecule is CCCCCCCC(=O)c1ccc(OC(=O)C2CCCC2)c(C(=O)OOC(=O)c2cc(C(=O)CCCCCCC)ccc2OC(=O)C2CCCC2)c1. The molecule has 2 saturated carbocycles. The van der Waals surface area contributed by atoms with E-state index in [4.69, 9.17) is 19.2 Å². The number of hydrogen-bond acceptors (Lipinski definition) is 10. The van der Waals surface area contributed by atoms with Crippen molar-refractivity contribution in [3.05, 3.63) is 58.7 Å². The molecule has 2 aliphatic carbocycles. The van der Waals surface area contributed by atoms with Crippen LogP contribution in [-0.4, -0.2) is 35.4 Å². The standard InChI is InChI=1S/C42H54O10/c1-3-5-7-9-11-21-35(43)31-23-25-37(49-39(45)29-17-13-14-18-29)33(27-31)41(47)51-52-42(48)34-28-32(36(44)22-12-10-8-6-4-2)24-26-38(34)50-40(46)30-19-15-16-20-30/h23-30H,3-22H2,1-2H3. The van der Waals surface area contributed by atoms with Crippen LogP contribution < -0.4 is 9.47 Å². The van der Waals surface area contributed by atoms with Gasteiger partial charge in [0.25, 0.3) is 0 Å². The van der Waals surface area contributed by atoms with Crippen LogP contribution in [-0.2, 0) is 19.4 Å². The minimum atomic E-state index is -1.16. The van der Waals surface area contributed by atoms with Crippen LogP contribution in [0.25, 0.3) is 0 Å². The van der Waals surface area contributed by atoms with E-state index in [2.05, 4.69) is 13.8 Å². The van der Waals surface area contributed by atoms with E-state index in [0.717, 1.165) is 77.0 Å². The maximum atomic E-state index is 13.5. The smallest absolute Gasteiger partial charge is 0.390 e. The summed E-state index contributed by atoms with van der Waals surface area (Å²) in [5, 5.41) is 0. The molecule has 0 unspecified atom stereocenters. The number of carbonyl (C=O) groups is 6. The first-order valence-corrected chi connectivity index (χ1v) is 19.4. The van der Waals surface area contributed by atoms with Gasteiger partial charge in [-0.2, -0.15) is 0 Å². The minimum Gasteiger partial charge on any atom is -0.425 e. The molecule has 10 nitrogen and oxygen atoms in total. The molecular weight excluding hydrogens is 664 g/mol. The third kappa shape index (κ3) is 12.1. The second-order valence-corrected chi connectivity index (χ2v) is 14.1. The van der Waals surface area contributed by atoms with E-state index in [1.807, 2.05) is 0 Å². The molecule has 2 fully saturated rings. The zero-order valence-corrected chi connectivity index (χ0v) is 30.8. The van der Waals surface area contributed by atoms with E-state index in [9.17, 15) is 28.8 Å². The van der Waals surface area contributed by atoms with E-state index < -0.39 is 23.9 Å². The van der Waals surface area contributed by atoms with Crippen LogP contribution in [0.1, 0.15) is 184 Å². The highest BCUT2D eigenvalue weighted by Crippen LogP contribution is 2.31. The summed E-state index contributed by atoms with van der Waals surface area (Å²) < 4.78 is 11.2. The number of Topliss-reactive ketones (excluding diaryl/α,β-unsaturated/α-hetero) is 2. The van der Waals surface area contributed by atoms with Crippen molar-refractivity contribution in [1.29, 1.82) is 0 Å². The summed E-state index contributed by atoms with van der Waals surface area (Å²) in [6.45, 7) is 4.23. The van der Waals surface area contributed by atoms with E-state index in [0.29, 0.717) is 38.5 Å². The van der Waals surface area contributed by atoms with Gasteiger partial charge in [0.05, 0.1) is 11.8 Å². The van der Waals surface area contributed by atoms with Crippen LogP contribution >= 0.6 is 0 Å². The maximum Gasteiger partial charge on any atom is 0.390 e. The summed E-state index contributed by atoms with van der Waals surface area (Å²) in [7, 11) is 0. The highest BCUT2D eigenvalue weighted by atomic mass is 17.2. The van der Waals surface area contributed by atoms with Crippen molar-refractivity contribution in [1.82, 2.24) is 0 Å². The Balaban J connectivity index is 1.52. The molecule has 0 N–H and O–H groups in total. The summed E-state index contributed by atoms with van der Waals surface area (Å²) in [6, 6.07) is 8.35. The fourth-order valence-electron chi connectivity index (χ4n) is 6.84. The largest absolute Gasteiger partial charge is 0.425 e. The van der Waals surface area contributed by atoms with Gasteiger partial charge in [0.2, 0.25) is 0 Å². The second kappa shape index (κ2) is 21.2. The zero-order chi connectivity index (χ0) is 37.3. The van der Waals surface area contributed by atoms with E-state index >= 15 is 0 Å². The Morgan fingerprint density at radius 2 is 0.885 bits per heavy atom. The van der Waals surface area contributed by atoms with Crippen molar-refractivity contribution >= 4 is 35.4 Å². The molecule has 0 atom stereocenters. The van der Waals surface area contributed by atoms with Crippen LogP contribution in [0.4, 0.5) is 0 Å². The average molecular weight is 719 g/mol. The van der Waals surface area contributed by atoms with Gasteiger partial charge < -0.3 is 9.47 Å². The van der Waals surface area contributed by atoms with E-state index in [1.54, 1.807) is 0 Å². The third-order valence-electron chi connectivity index (χ3n) is 10.0. The Morgan fingerprint density at radius 1 is 0.519 bits per heavy atom. The number of rotatable bonds is 20. The van der Waals surface area contributed by atoms with Crippen LogP contribution in [0.15, 0.2) is 36.4 Å². The zero-order valence-electron chi connectivity index (χ0n) is 30.8. The molecule has 2 aliphatic rings. The fourth-order valence-corrected chi connectivity index (χ4v) is 6.84. The van der Waals surface area contributed by atoms with Gasteiger partial charge in [-0.3, -0.25) is 19.2 Å². The number of unbranched alkanes of at least 4 members (excludes halogenated alkanes) is 8. The van der Waals surface area contributed by atoms with Gasteiger partial charge in [0.15, 0.2) is 11.6 Å². The van der Waals surface area contributed by atoms with Crippen molar-refractivity contribution in [2.45, 2.75) is 142 Å². The highest BCUT2D eigenvalue weighted by molar-refractivity contribution is 6.02. The number of ether oxygens (including phenoxy) is 2. The molecule has 52 heavy (non-hydrogen) atoms. The quantitative estimate of drug-likeness (QED) is 0.0324. The highest BCUT2D eigenvalue weighted by Gasteiger charge is 2.30. The van der Waals surface area contributed by atoms with Crippen LogP contribution in [0, 0.1) is 11.8 Å². The molecule has 4 rings (SSSR count). The van der Waals surface area contributed by atoms with Gasteiger partial charge >= 0.3 is 23.9 Å². The first kappa shape index (κ1) is 40.4. The summed E-state index contributed by atoms with van der Waals surface area (Å²) in [6.07, 6.45) is 16.5. The normalized spacial score (nSPS) is 14.6. The van der Waals surface area contributed by atoms with Crippen molar-refractivity contribution in [2.24, 2.45) is 11.8 Å². The van der Waals surface area contributed by atoms with Crippen molar-refractivity contribution in [2.75, 3.05) is 0 Å². The van der Waals surface area contributed by atoms with Crippen LogP contribution in [0.3, 0.4) is 0 Å². The minimum absolute atomic E-state index is 0.116. The lowest BCUT2D eigenvalue weighted by atomic mass is 10.0. The Hall–Kier alpha value is -4.34. The van der Waals surface area contributed by atoms with Gasteiger partial charge in [-0.25, -0.2) is 19.4 Å². The monoisotopic (exact) mass is 718 g/mol. The average Bonchev–Trinajstić information content (AvgIpc) is 3.90. The summed E-state index contributed by atoms with van der Waals surface area (Å²) in [5.41, 5.74) is -0.0420. The van der Waals surface area contributed by atoms with Gasteiger partial charge in [0.1, 0.15) is 22.6 Å². The van der Waals surface area contributed by atoms with Crippen LogP contribution in [0.5, 0.6) is 11.5 Å². The van der Waals surface area contributed by atoms with Gasteiger partial charge in [-0.1, -0.05) is 90.9 Å². The lowest BCUT2D eigenvalue weighted by Crippen LogP contribution is -2.21. The molecule has 0 aliphatic heterocycles. The van der Waals surface area contributed by atoms with Crippen molar-refractivity contribution in [3.8, 4) is 11.5 Å². The summed E-state index contributed by atoms with van der Waals surface area (Å²) in [4.78, 5) is 88.9. The van der Waals surface area contributed by atoms with Gasteiger partial charge in [-0.05, 0) is 74.9 Å². The molecule has 2 aromatic rings. The molecule has 0 heterocycles. The molecular formula is C42H54O10. The summed E-state index contributed by atoms with van der Waals surface area (Å²) >= 11 is 0. The number of carbonyl (C=O) groups excluding carboxylic acids is 6. The fraction of sp³-hybridized carbons (Fsp3) is 0.571. The molecule has 2 aromatic carbocycles. The molecule has 0 saturated heterocycles. The number of hydrogen-bond donors (Lipinski definition) is 0. The van der Waals surface area contributed by atoms with Crippen LogP contribution in [0.2, 0.25) is 0 Å². The van der Waals surface area contributed by atoms with E-state index in [-0.39, 0.29) is 70.0 Å². The van der Waals surface area contributed by atoms with Crippen molar-refractivity contribution in [3.63, 3.8) is 0 Å².